The number of thiophene rings is 1. The van der Waals surface area contributed by atoms with Gasteiger partial charge in [-0.25, -0.2) is 13.1 Å². The Morgan fingerprint density at radius 2 is 1.74 bits per heavy atom. The van der Waals surface area contributed by atoms with E-state index in [1.807, 2.05) is 42.7 Å². The summed E-state index contributed by atoms with van der Waals surface area (Å²) in [6, 6.07) is 22.4. The number of aliphatic imine (C=N–C) groups is 1. The Kier molecular flexibility index (Phi) is 13.9. The molecule has 70 heavy (non-hydrogen) atoms. The third-order valence-electron chi connectivity index (χ3n) is 13.6. The number of halogens is 2. The molecule has 0 radical (unpaired) electrons. The molecule has 0 amide bonds. The predicted molar refractivity (Wildman–Crippen MR) is 268 cm³/mol. The van der Waals surface area contributed by atoms with Gasteiger partial charge in [-0.3, -0.25) is 23.9 Å². The van der Waals surface area contributed by atoms with Crippen molar-refractivity contribution in [3.63, 3.8) is 0 Å². The number of methoxy groups -OCH3 is 1. The van der Waals surface area contributed by atoms with Gasteiger partial charge in [-0.15, -0.1) is 26.6 Å². The largest absolute Gasteiger partial charge is 0.494 e. The fourth-order valence-corrected chi connectivity index (χ4v) is 12.6. The molecule has 4 aromatic carbocycles. The Hall–Kier alpha value is -6.11. The van der Waals surface area contributed by atoms with Crippen molar-refractivity contribution in [2.75, 3.05) is 14.2 Å². The van der Waals surface area contributed by atoms with Crippen LogP contribution in [0.3, 0.4) is 0 Å². The molecule has 0 saturated heterocycles. The van der Waals surface area contributed by atoms with E-state index in [9.17, 15) is 27.9 Å². The maximum absolute atomic E-state index is 14.7. The molecule has 1 aliphatic carbocycles. The molecule has 1 aliphatic heterocycles. The number of ketones is 2. The van der Waals surface area contributed by atoms with Gasteiger partial charge in [0.05, 0.1) is 29.0 Å². The number of ether oxygens (including phenoxy) is 1. The van der Waals surface area contributed by atoms with Crippen molar-refractivity contribution >= 4 is 78.8 Å². The molecule has 19 heteroatoms. The van der Waals surface area contributed by atoms with Crippen molar-refractivity contribution in [3.05, 3.63) is 145 Å². The smallest absolute Gasteiger partial charge is 0.304 e. The van der Waals surface area contributed by atoms with Gasteiger partial charge in [-0.05, 0) is 102 Å². The van der Waals surface area contributed by atoms with E-state index in [0.717, 1.165) is 46.5 Å². The van der Waals surface area contributed by atoms with Crippen molar-refractivity contribution in [1.29, 1.82) is 0 Å². The summed E-state index contributed by atoms with van der Waals surface area (Å²) in [6.45, 7) is 3.70. The number of benzene rings is 4. The number of rotatable bonds is 16. The minimum Gasteiger partial charge on any atom is -0.494 e. The highest BCUT2D eigenvalue weighted by Crippen LogP contribution is 2.44. The number of carboxylic acids is 1. The second kappa shape index (κ2) is 19.9. The summed E-state index contributed by atoms with van der Waals surface area (Å²) >= 11 is 14.4. The number of sulfonamides is 1. The van der Waals surface area contributed by atoms with E-state index in [0.29, 0.717) is 72.8 Å². The Morgan fingerprint density at radius 3 is 2.46 bits per heavy atom. The zero-order valence-corrected chi connectivity index (χ0v) is 42.2. The van der Waals surface area contributed by atoms with Crippen LogP contribution in [0.5, 0.6) is 5.75 Å². The quantitative estimate of drug-likeness (QED) is 0.0906. The highest BCUT2D eigenvalue weighted by molar-refractivity contribution is 7.89. The van der Waals surface area contributed by atoms with Crippen molar-refractivity contribution in [3.8, 4) is 10.8 Å². The minimum absolute atomic E-state index is 0.0256. The number of nitrogens with zero attached hydrogens (tertiary/aromatic N) is 8. The summed E-state index contributed by atoms with van der Waals surface area (Å²) < 4.78 is 38.5. The Balaban J connectivity index is 0.934. The second-order valence-corrected chi connectivity index (χ2v) is 21.8. The number of aryl methyl sites for hydroxylation is 1. The molecule has 1 N–H and O–H groups in total. The molecule has 15 nitrogen and oxygen atoms in total. The molecule has 4 atom stereocenters. The average molecular weight is 1020 g/mol. The number of aliphatic carboxylic acids is 1. The first kappa shape index (κ1) is 48.9. The Morgan fingerprint density at radius 1 is 0.986 bits per heavy atom. The first-order valence-electron chi connectivity index (χ1n) is 22.9. The van der Waals surface area contributed by atoms with Crippen molar-refractivity contribution in [2.45, 2.75) is 88.1 Å². The summed E-state index contributed by atoms with van der Waals surface area (Å²) in [5, 5.41) is 28.6. The van der Waals surface area contributed by atoms with Crippen LogP contribution in [-0.2, 0) is 33.2 Å². The third kappa shape index (κ3) is 9.44. The van der Waals surface area contributed by atoms with Crippen molar-refractivity contribution in [2.24, 2.45) is 18.0 Å². The standard InChI is InChI=1S/C51H50Cl2N8O7S2/c1-6-37(62)24-42-50-57-54-27-61(50)51-45(46(55-42)30-10-15-36(52)16-11-30)28(2)49(69-51)48(65)33-9-7-8-31(20-33)29-12-17-38(18-13-29)70(66,67)59(3)26-35-21-32(14-19-40(35)53)39(25-44(63)64)34-22-41-47(43(23-34)68-5)60(4)58-56-41/h10-19,21-23,27,31,33,39,42H,6-9,20,24-26H2,1-5H3,(H,63,64)/t31?,33?,39?,42-/m0/s1. The van der Waals surface area contributed by atoms with Crippen LogP contribution in [-0.4, -0.2) is 85.0 Å². The van der Waals surface area contributed by atoms with Gasteiger partial charge < -0.3 is 9.84 Å². The number of carbonyl (C=O) groups excluding carboxylic acids is 2. The van der Waals surface area contributed by atoms with E-state index < -0.39 is 28.0 Å². The third-order valence-corrected chi connectivity index (χ3v) is 17.3. The van der Waals surface area contributed by atoms with Gasteiger partial charge in [0, 0.05) is 66.5 Å². The fraction of sp³-hybridized carbons (Fsp3) is 0.333. The molecule has 1 saturated carbocycles. The first-order chi connectivity index (χ1) is 33.6. The van der Waals surface area contributed by atoms with Crippen LogP contribution in [0.4, 0.5) is 0 Å². The highest BCUT2D eigenvalue weighted by Gasteiger charge is 2.36. The van der Waals surface area contributed by atoms with Crippen LogP contribution in [0.15, 0.2) is 95.1 Å². The summed E-state index contributed by atoms with van der Waals surface area (Å²) in [4.78, 5) is 45.6. The number of Topliss-reactive ketones (excluding diaryl/α,β-unsaturated/α-hetero) is 2. The van der Waals surface area contributed by atoms with Gasteiger partial charge in [-0.1, -0.05) is 78.2 Å². The lowest BCUT2D eigenvalue weighted by Crippen LogP contribution is -2.27. The van der Waals surface area contributed by atoms with E-state index >= 15 is 0 Å². The van der Waals surface area contributed by atoms with Gasteiger partial charge in [0.2, 0.25) is 10.0 Å². The van der Waals surface area contributed by atoms with Crippen LogP contribution in [0.25, 0.3) is 16.0 Å². The molecule has 7 aromatic rings. The number of carboxylic acid groups (broad SMARTS) is 1. The summed E-state index contributed by atoms with van der Waals surface area (Å²) in [7, 11) is 0.740. The molecule has 3 aromatic heterocycles. The van der Waals surface area contributed by atoms with Crippen LogP contribution in [0.2, 0.25) is 10.0 Å². The van der Waals surface area contributed by atoms with Crippen LogP contribution < -0.4 is 4.74 Å². The van der Waals surface area contributed by atoms with Crippen molar-refractivity contribution < 1.29 is 32.6 Å². The molecule has 2 aliphatic rings. The van der Waals surface area contributed by atoms with E-state index in [2.05, 4.69) is 20.5 Å². The Bertz CT molecular complexity index is 3310. The van der Waals surface area contributed by atoms with Gasteiger partial charge in [0.25, 0.3) is 0 Å². The summed E-state index contributed by atoms with van der Waals surface area (Å²) in [5.74, 6) is -0.767. The van der Waals surface area contributed by atoms with Gasteiger partial charge in [-0.2, -0.15) is 4.31 Å². The zero-order chi connectivity index (χ0) is 49.6. The number of carbonyl (C=O) groups is 3. The van der Waals surface area contributed by atoms with Crippen LogP contribution >= 0.6 is 34.5 Å². The molecular formula is C51H50Cl2N8O7S2. The molecule has 1 fully saturated rings. The maximum atomic E-state index is 14.7. The fourth-order valence-electron chi connectivity index (χ4n) is 9.81. The minimum atomic E-state index is -4.01. The van der Waals surface area contributed by atoms with Gasteiger partial charge in [0.15, 0.2) is 11.6 Å². The monoisotopic (exact) mass is 1020 g/mol. The molecule has 362 valence electrons. The summed E-state index contributed by atoms with van der Waals surface area (Å²) in [6.07, 6.45) is 4.90. The molecule has 4 heterocycles. The zero-order valence-electron chi connectivity index (χ0n) is 39.1. The average Bonchev–Trinajstić information content (AvgIpc) is 4.07. The second-order valence-electron chi connectivity index (χ2n) is 18.0. The maximum Gasteiger partial charge on any atom is 0.304 e. The topological polar surface area (TPSA) is 192 Å². The van der Waals surface area contributed by atoms with Gasteiger partial charge >= 0.3 is 5.97 Å². The lowest BCUT2D eigenvalue weighted by Gasteiger charge is -2.29. The molecule has 3 unspecified atom stereocenters. The van der Waals surface area contributed by atoms with E-state index in [4.69, 9.17) is 32.9 Å². The SMILES string of the molecule is CCC(=O)C[C@@H]1N=C(c2ccc(Cl)cc2)c2c(sc(C(=O)C3CCCC(c4ccc(S(=O)(=O)N(C)Cc5cc(C(CC(=O)O)c6cc(OC)c7c(c6)nnn7C)ccc5Cl)cc4)C3)c2C)-n2cnnc21. The first-order valence-corrected chi connectivity index (χ1v) is 25.9. The van der Waals surface area contributed by atoms with Crippen molar-refractivity contribution in [1.82, 2.24) is 34.1 Å². The number of hydrogen-bond donors (Lipinski definition) is 1. The number of aromatic nitrogens is 6. The molecule has 0 bridgehead atoms. The number of fused-ring (bicyclic) bond motifs is 4. The molecule has 9 rings (SSSR count). The molecular weight excluding hydrogens is 972 g/mol. The molecule has 0 spiro atoms. The lowest BCUT2D eigenvalue weighted by molar-refractivity contribution is -0.137. The van der Waals surface area contributed by atoms with E-state index in [-0.39, 0.29) is 47.7 Å². The highest BCUT2D eigenvalue weighted by atomic mass is 35.5. The summed E-state index contributed by atoms with van der Waals surface area (Å²) in [5.41, 5.74) is 7.01. The van der Waals surface area contributed by atoms with Crippen LogP contribution in [0, 0.1) is 12.8 Å². The predicted octanol–water partition coefficient (Wildman–Crippen LogP) is 10.1. The van der Waals surface area contributed by atoms with E-state index in [1.54, 1.807) is 72.7 Å². The van der Waals surface area contributed by atoms with Crippen LogP contribution in [0.1, 0.15) is 124 Å². The Labute approximate surface area is 419 Å². The lowest BCUT2D eigenvalue weighted by atomic mass is 9.76. The normalized spacial score (nSPS) is 17.4. The van der Waals surface area contributed by atoms with Gasteiger partial charge in [0.1, 0.15) is 39.9 Å². The number of hydrogen-bond acceptors (Lipinski definition) is 12. The van der Waals surface area contributed by atoms with E-state index in [1.165, 1.54) is 29.8 Å².